The Kier molecular flexibility index (Phi) is 17.5. The number of aryl methyl sites for hydroxylation is 1. The van der Waals surface area contributed by atoms with Gasteiger partial charge in [-0.05, 0) is 124 Å². The van der Waals surface area contributed by atoms with Crippen LogP contribution in [0.2, 0.25) is 0 Å². The molecule has 0 radical (unpaired) electrons. The molecule has 1 aromatic heterocycles. The van der Waals surface area contributed by atoms with Crippen LogP contribution in [0.4, 0.5) is 4.79 Å². The highest BCUT2D eigenvalue weighted by atomic mass is 16.5. The fourth-order valence-corrected chi connectivity index (χ4v) is 6.69. The standard InChI is InChI=1S/C45H60N4O5/c1-6-9-17-34-21-26-40-38(30-34)39(31-42(47-40)36-22-24-37(53-5)25-23-36)44(51)48-41(43(50)29-33(4)16-15-28-49(7-2)8-3)20-13-14-27-46-45(52)54-32-35-18-11-10-12-19-35/h10-12,18-19,21-26,30-31,33,41H,6-9,13-17,20,27-29,32H2,1-5H3,(H,46,52)(H,48,51). The molecule has 0 bridgehead atoms. The molecule has 0 fully saturated rings. The van der Waals surface area contributed by atoms with Gasteiger partial charge in [0.05, 0.1) is 29.9 Å². The van der Waals surface area contributed by atoms with Crippen molar-refractivity contribution in [1.82, 2.24) is 20.5 Å². The molecule has 0 spiro atoms. The van der Waals surface area contributed by atoms with Crippen molar-refractivity contribution in [3.63, 3.8) is 0 Å². The zero-order valence-corrected chi connectivity index (χ0v) is 33.0. The molecule has 4 rings (SSSR count). The maximum Gasteiger partial charge on any atom is 0.407 e. The lowest BCUT2D eigenvalue weighted by atomic mass is 9.93. The van der Waals surface area contributed by atoms with E-state index in [0.29, 0.717) is 43.5 Å². The van der Waals surface area contributed by atoms with Gasteiger partial charge in [0.25, 0.3) is 5.91 Å². The Bertz CT molecular complexity index is 1760. The molecule has 2 amide bonds. The summed E-state index contributed by atoms with van der Waals surface area (Å²) in [6.07, 6.45) is 6.66. The van der Waals surface area contributed by atoms with Gasteiger partial charge in [0.15, 0.2) is 5.78 Å². The topological polar surface area (TPSA) is 110 Å². The number of fused-ring (bicyclic) bond motifs is 1. The van der Waals surface area contributed by atoms with Crippen molar-refractivity contribution in [2.45, 2.75) is 98.1 Å². The third-order valence-electron chi connectivity index (χ3n) is 10.0. The largest absolute Gasteiger partial charge is 0.497 e. The van der Waals surface area contributed by atoms with Crippen molar-refractivity contribution in [3.05, 3.63) is 95.6 Å². The first-order valence-corrected chi connectivity index (χ1v) is 19.8. The van der Waals surface area contributed by atoms with Crippen molar-refractivity contribution in [2.75, 3.05) is 33.3 Å². The van der Waals surface area contributed by atoms with E-state index in [0.717, 1.165) is 85.1 Å². The van der Waals surface area contributed by atoms with Crippen molar-refractivity contribution < 1.29 is 23.9 Å². The summed E-state index contributed by atoms with van der Waals surface area (Å²) in [6, 6.07) is 24.5. The Balaban J connectivity index is 1.50. The summed E-state index contributed by atoms with van der Waals surface area (Å²) in [4.78, 5) is 48.0. The van der Waals surface area contributed by atoms with Gasteiger partial charge in [0.2, 0.25) is 0 Å². The molecule has 9 heteroatoms. The zero-order chi connectivity index (χ0) is 38.7. The van der Waals surface area contributed by atoms with E-state index in [-0.39, 0.29) is 24.2 Å². The number of pyridine rings is 1. The van der Waals surface area contributed by atoms with Gasteiger partial charge >= 0.3 is 6.09 Å². The minimum absolute atomic E-state index is 0.0336. The zero-order valence-electron chi connectivity index (χ0n) is 33.0. The van der Waals surface area contributed by atoms with Gasteiger partial charge in [-0.3, -0.25) is 9.59 Å². The lowest BCUT2D eigenvalue weighted by Crippen LogP contribution is -2.41. The van der Waals surface area contributed by atoms with Crippen LogP contribution in [0.1, 0.15) is 101 Å². The number of aromatic nitrogens is 1. The third-order valence-corrected chi connectivity index (χ3v) is 10.0. The SMILES string of the molecule is CCCCc1ccc2nc(-c3ccc(OC)cc3)cc(C(=O)NC(CCCCNC(=O)OCc3ccccc3)C(=O)CC(C)CCCN(CC)CC)c2c1. The minimum atomic E-state index is -0.663. The second-order valence-corrected chi connectivity index (χ2v) is 14.2. The molecule has 0 aliphatic carbocycles. The van der Waals surface area contributed by atoms with E-state index >= 15 is 0 Å². The van der Waals surface area contributed by atoms with Crippen LogP contribution in [-0.4, -0.2) is 67.0 Å². The molecular formula is C45H60N4O5. The average Bonchev–Trinajstić information content (AvgIpc) is 3.20. The van der Waals surface area contributed by atoms with E-state index in [1.54, 1.807) is 7.11 Å². The lowest BCUT2D eigenvalue weighted by Gasteiger charge is -2.22. The van der Waals surface area contributed by atoms with Gasteiger partial charge < -0.3 is 25.0 Å². The van der Waals surface area contributed by atoms with E-state index in [2.05, 4.69) is 55.4 Å². The highest BCUT2D eigenvalue weighted by molar-refractivity contribution is 6.08. The number of carbonyl (C=O) groups excluding carboxylic acids is 3. The van der Waals surface area contributed by atoms with Crippen LogP contribution in [0, 0.1) is 5.92 Å². The summed E-state index contributed by atoms with van der Waals surface area (Å²) >= 11 is 0. The molecule has 0 aliphatic rings. The first-order chi connectivity index (χ1) is 26.2. The van der Waals surface area contributed by atoms with Gasteiger partial charge in [0, 0.05) is 23.9 Å². The van der Waals surface area contributed by atoms with E-state index in [1.165, 1.54) is 0 Å². The van der Waals surface area contributed by atoms with Gasteiger partial charge in [0.1, 0.15) is 12.4 Å². The van der Waals surface area contributed by atoms with Crippen LogP contribution in [0.5, 0.6) is 5.75 Å². The molecule has 2 unspecified atom stereocenters. The fourth-order valence-electron chi connectivity index (χ4n) is 6.69. The van der Waals surface area contributed by atoms with Crippen molar-refractivity contribution in [2.24, 2.45) is 5.92 Å². The number of benzene rings is 3. The monoisotopic (exact) mass is 736 g/mol. The first kappa shape index (κ1) is 42.0. The highest BCUT2D eigenvalue weighted by Crippen LogP contribution is 2.28. The maximum absolute atomic E-state index is 14.4. The van der Waals surface area contributed by atoms with Gasteiger partial charge in [-0.2, -0.15) is 0 Å². The third kappa shape index (κ3) is 13.3. The lowest BCUT2D eigenvalue weighted by molar-refractivity contribution is -0.122. The summed E-state index contributed by atoms with van der Waals surface area (Å²) in [7, 11) is 1.63. The second kappa shape index (κ2) is 22.5. The fraction of sp³-hybridized carbons (Fsp3) is 0.467. The van der Waals surface area contributed by atoms with Crippen molar-refractivity contribution in [1.29, 1.82) is 0 Å². The smallest absolute Gasteiger partial charge is 0.407 e. The molecule has 0 saturated carbocycles. The van der Waals surface area contributed by atoms with Crippen LogP contribution in [0.15, 0.2) is 78.9 Å². The molecular weight excluding hydrogens is 677 g/mol. The highest BCUT2D eigenvalue weighted by Gasteiger charge is 2.25. The van der Waals surface area contributed by atoms with Crippen molar-refractivity contribution >= 4 is 28.7 Å². The number of nitrogens with zero attached hydrogens (tertiary/aromatic N) is 2. The number of amides is 2. The first-order valence-electron chi connectivity index (χ1n) is 19.8. The van der Waals surface area contributed by atoms with Crippen LogP contribution in [0.25, 0.3) is 22.2 Å². The number of carbonyl (C=O) groups is 3. The van der Waals surface area contributed by atoms with Gasteiger partial charge in [-0.25, -0.2) is 9.78 Å². The number of nitrogens with one attached hydrogen (secondary N) is 2. The summed E-state index contributed by atoms with van der Waals surface area (Å²) < 4.78 is 10.7. The number of alkyl carbamates (subject to hydrolysis) is 1. The molecule has 4 aromatic rings. The van der Waals surface area contributed by atoms with Gasteiger partial charge in [-0.15, -0.1) is 0 Å². The van der Waals surface area contributed by atoms with Gasteiger partial charge in [-0.1, -0.05) is 70.5 Å². The molecule has 54 heavy (non-hydrogen) atoms. The Hall–Kier alpha value is -4.76. The predicted octanol–water partition coefficient (Wildman–Crippen LogP) is 9.17. The number of unbranched alkanes of at least 4 members (excludes halogenated alkanes) is 2. The quantitative estimate of drug-likeness (QED) is 0.0731. The van der Waals surface area contributed by atoms with Crippen LogP contribution >= 0.6 is 0 Å². The van der Waals surface area contributed by atoms with E-state index < -0.39 is 12.1 Å². The Morgan fingerprint density at radius 3 is 2.30 bits per heavy atom. The molecule has 290 valence electrons. The Morgan fingerprint density at radius 2 is 1.59 bits per heavy atom. The second-order valence-electron chi connectivity index (χ2n) is 14.2. The van der Waals surface area contributed by atoms with E-state index in [4.69, 9.17) is 14.5 Å². The average molecular weight is 737 g/mol. The van der Waals surface area contributed by atoms with Crippen LogP contribution in [-0.2, 0) is 22.6 Å². The number of rotatable bonds is 23. The predicted molar refractivity (Wildman–Crippen MR) is 218 cm³/mol. The van der Waals surface area contributed by atoms with Crippen LogP contribution in [0.3, 0.4) is 0 Å². The Morgan fingerprint density at radius 1 is 0.833 bits per heavy atom. The van der Waals surface area contributed by atoms with E-state index in [9.17, 15) is 14.4 Å². The summed E-state index contributed by atoms with van der Waals surface area (Å²) in [5.41, 5.74) is 4.83. The number of Topliss-reactive ketones (excluding diaryl/α,β-unsaturated/α-hetero) is 1. The van der Waals surface area contributed by atoms with Crippen LogP contribution < -0.4 is 15.4 Å². The number of ketones is 1. The number of ether oxygens (including phenoxy) is 2. The molecule has 2 N–H and O–H groups in total. The molecule has 0 aliphatic heterocycles. The molecule has 0 saturated heterocycles. The molecule has 1 heterocycles. The number of methoxy groups -OCH3 is 1. The molecule has 9 nitrogen and oxygen atoms in total. The summed E-state index contributed by atoms with van der Waals surface area (Å²) in [5.74, 6) is 0.672. The minimum Gasteiger partial charge on any atom is -0.497 e. The summed E-state index contributed by atoms with van der Waals surface area (Å²) in [6.45, 7) is 12.3. The Labute approximate surface area is 322 Å². The summed E-state index contributed by atoms with van der Waals surface area (Å²) in [5, 5.41) is 6.75. The molecule has 3 aromatic carbocycles. The maximum atomic E-state index is 14.4. The number of hydrogen-bond acceptors (Lipinski definition) is 7. The molecule has 2 atom stereocenters. The number of hydrogen-bond donors (Lipinski definition) is 2. The van der Waals surface area contributed by atoms with Crippen molar-refractivity contribution in [3.8, 4) is 17.0 Å². The normalized spacial score (nSPS) is 12.3. The van der Waals surface area contributed by atoms with E-state index in [1.807, 2.05) is 66.7 Å².